The minimum Gasteiger partial charge on any atom is -0.386 e. The van der Waals surface area contributed by atoms with E-state index in [0.29, 0.717) is 48.9 Å². The largest absolute Gasteiger partial charge is 0.433 e. The Labute approximate surface area is 356 Å². The van der Waals surface area contributed by atoms with Gasteiger partial charge in [0.2, 0.25) is 11.8 Å². The molecule has 62 heavy (non-hydrogen) atoms. The van der Waals surface area contributed by atoms with Crippen LogP contribution in [0.25, 0.3) is 10.9 Å². The first kappa shape index (κ1) is 44.3. The van der Waals surface area contributed by atoms with Crippen LogP contribution in [0.4, 0.5) is 24.5 Å². The van der Waals surface area contributed by atoms with Gasteiger partial charge >= 0.3 is 6.18 Å². The molecule has 1 unspecified atom stereocenters. The molecule has 0 bridgehead atoms. The molecule has 15 nitrogen and oxygen atoms in total. The smallest absolute Gasteiger partial charge is 0.386 e. The number of nitrogens with zero attached hydrogens (tertiary/aromatic N) is 5. The summed E-state index contributed by atoms with van der Waals surface area (Å²) in [5.74, 6) is -2.46. The van der Waals surface area contributed by atoms with Crippen LogP contribution in [0, 0.1) is 5.92 Å². The molecular weight excluding hydrogens is 810 g/mol. The third-order valence-corrected chi connectivity index (χ3v) is 11.7. The van der Waals surface area contributed by atoms with Gasteiger partial charge in [0, 0.05) is 67.8 Å². The third-order valence-electron chi connectivity index (χ3n) is 11.7. The maximum absolute atomic E-state index is 13.3. The maximum Gasteiger partial charge on any atom is 0.433 e. The first-order valence-electron chi connectivity index (χ1n) is 20.9. The molecule has 1 atom stereocenters. The minimum atomic E-state index is -4.70. The van der Waals surface area contributed by atoms with Crippen LogP contribution in [-0.2, 0) is 26.1 Å². The summed E-state index contributed by atoms with van der Waals surface area (Å²) in [7, 11) is 2.11. The number of fused-ring (bicyclic) bond motifs is 2. The highest BCUT2D eigenvalue weighted by atomic mass is 19.4. The van der Waals surface area contributed by atoms with Crippen LogP contribution >= 0.6 is 0 Å². The molecule has 18 heteroatoms. The van der Waals surface area contributed by atoms with Crippen LogP contribution < -0.4 is 16.0 Å². The summed E-state index contributed by atoms with van der Waals surface area (Å²) in [5, 5.41) is 24.6. The first-order chi connectivity index (χ1) is 29.5. The summed E-state index contributed by atoms with van der Waals surface area (Å²) < 4.78 is 47.5. The van der Waals surface area contributed by atoms with E-state index in [0.717, 1.165) is 67.6 Å². The molecular formula is C44H51F3N8O7. The fourth-order valence-electron chi connectivity index (χ4n) is 8.51. The molecule has 4 aromatic rings. The van der Waals surface area contributed by atoms with Gasteiger partial charge in [-0.15, -0.1) is 0 Å². The van der Waals surface area contributed by atoms with E-state index in [9.17, 15) is 42.3 Å². The highest BCUT2D eigenvalue weighted by molar-refractivity contribution is 6.25. The summed E-state index contributed by atoms with van der Waals surface area (Å²) in [5.41, 5.74) is -0.716. The van der Waals surface area contributed by atoms with Gasteiger partial charge < -0.3 is 25.4 Å². The van der Waals surface area contributed by atoms with Crippen molar-refractivity contribution in [3.63, 3.8) is 0 Å². The zero-order valence-electron chi connectivity index (χ0n) is 34.9. The quantitative estimate of drug-likeness (QED) is 0.0776. The lowest BCUT2D eigenvalue weighted by molar-refractivity contribution is -0.141. The van der Waals surface area contributed by atoms with E-state index in [-0.39, 0.29) is 35.7 Å². The van der Waals surface area contributed by atoms with Crippen molar-refractivity contribution in [3.8, 4) is 0 Å². The number of amides is 5. The minimum absolute atomic E-state index is 0.0597. The third kappa shape index (κ3) is 9.98. The van der Waals surface area contributed by atoms with Crippen molar-refractivity contribution in [2.24, 2.45) is 5.92 Å². The Hall–Kier alpha value is -5.72. The normalized spacial score (nSPS) is 19.6. The van der Waals surface area contributed by atoms with Crippen molar-refractivity contribution in [2.75, 3.05) is 50.5 Å². The Morgan fingerprint density at radius 2 is 1.71 bits per heavy atom. The Morgan fingerprint density at radius 1 is 0.968 bits per heavy atom. The molecule has 2 aromatic carbocycles. The standard InChI is InChI=1S/C44H51F3N8O7/c1-43(2,61)30-23-33-27(22-34(30)50-39(57)32-10-5-11-36(49-32)44(45,46)47)25-54(52-33)28-14-12-26(13-15-28)24-53(3)19-7-21-62-20-6-18-48-31-9-4-8-29-38(31)42(60)55(41(29)59)35-16-17-37(56)51-40(35)58/h4-5,8-11,22-23,25-26,28,35,48,61H,6-7,12-21,24H2,1-3H3,(H,50,57)(H,51,56,58)/t26-,28-,35?. The zero-order valence-corrected chi connectivity index (χ0v) is 34.9. The van der Waals surface area contributed by atoms with E-state index in [4.69, 9.17) is 9.84 Å². The second-order valence-corrected chi connectivity index (χ2v) is 16.8. The van der Waals surface area contributed by atoms with Gasteiger partial charge in [-0.25, -0.2) is 4.98 Å². The fourth-order valence-corrected chi connectivity index (χ4v) is 8.51. The van der Waals surface area contributed by atoms with Gasteiger partial charge in [-0.2, -0.15) is 18.3 Å². The van der Waals surface area contributed by atoms with Crippen LogP contribution in [0.5, 0.6) is 0 Å². The number of piperidine rings is 1. The van der Waals surface area contributed by atoms with E-state index in [1.807, 2.05) is 10.9 Å². The number of alkyl halides is 3. The van der Waals surface area contributed by atoms with Gasteiger partial charge in [0.05, 0.1) is 28.3 Å². The van der Waals surface area contributed by atoms with E-state index in [2.05, 4.69) is 32.9 Å². The van der Waals surface area contributed by atoms with E-state index < -0.39 is 58.7 Å². The van der Waals surface area contributed by atoms with Gasteiger partial charge in [-0.05, 0) is 108 Å². The molecule has 0 radical (unpaired) electrons. The lowest BCUT2D eigenvalue weighted by Crippen LogP contribution is -2.54. The maximum atomic E-state index is 13.3. The highest BCUT2D eigenvalue weighted by Gasteiger charge is 2.45. The molecule has 4 N–H and O–H groups in total. The SMILES string of the molecule is CN(CCCOCCCNc1cccc2c1C(=O)N(C1CCC(=O)NC1=O)C2=O)C[C@H]1CC[C@H](n2cc3cc(NC(=O)c4cccc(C(F)(F)F)n4)c(C(C)(C)O)cc3n2)CC1. The second-order valence-electron chi connectivity index (χ2n) is 16.8. The van der Waals surface area contributed by atoms with Gasteiger partial charge in [-0.1, -0.05) is 12.1 Å². The van der Waals surface area contributed by atoms with E-state index in [1.165, 1.54) is 6.07 Å². The number of carbonyl (C=O) groups excluding carboxylic acids is 5. The van der Waals surface area contributed by atoms with Gasteiger partial charge in [0.25, 0.3) is 17.7 Å². The van der Waals surface area contributed by atoms with E-state index in [1.54, 1.807) is 44.2 Å². The predicted octanol–water partition coefficient (Wildman–Crippen LogP) is 5.90. The number of anilines is 2. The Bertz CT molecular complexity index is 2350. The van der Waals surface area contributed by atoms with Crippen LogP contribution in [0.15, 0.2) is 54.7 Å². The van der Waals surface area contributed by atoms with Crippen LogP contribution in [-0.4, -0.2) is 105 Å². The summed E-state index contributed by atoms with van der Waals surface area (Å²) in [4.78, 5) is 70.2. The summed E-state index contributed by atoms with van der Waals surface area (Å²) in [6.07, 6.45) is 2.81. The number of imide groups is 2. The van der Waals surface area contributed by atoms with Crippen molar-refractivity contribution in [3.05, 3.63) is 82.8 Å². The molecule has 1 saturated heterocycles. The molecule has 5 amide bonds. The van der Waals surface area contributed by atoms with Crippen molar-refractivity contribution >= 4 is 51.8 Å². The molecule has 2 fully saturated rings. The van der Waals surface area contributed by atoms with Crippen molar-refractivity contribution < 1.29 is 47.0 Å². The van der Waals surface area contributed by atoms with Crippen LogP contribution in [0.1, 0.15) is 114 Å². The average Bonchev–Trinajstić information content (AvgIpc) is 3.75. The van der Waals surface area contributed by atoms with Crippen LogP contribution in [0.2, 0.25) is 0 Å². The predicted molar refractivity (Wildman–Crippen MR) is 222 cm³/mol. The molecule has 330 valence electrons. The topological polar surface area (TPSA) is 188 Å². The number of aromatic nitrogens is 3. The number of pyridine rings is 1. The number of rotatable bonds is 16. The van der Waals surface area contributed by atoms with E-state index >= 15 is 0 Å². The fraction of sp³-hybridized carbons (Fsp3) is 0.477. The number of aliphatic hydroxyl groups is 1. The lowest BCUT2D eigenvalue weighted by atomic mass is 9.86. The Morgan fingerprint density at radius 3 is 2.44 bits per heavy atom. The molecule has 4 heterocycles. The Kier molecular flexibility index (Phi) is 13.1. The number of ether oxygens (including phenoxy) is 1. The lowest BCUT2D eigenvalue weighted by Gasteiger charge is -2.31. The summed E-state index contributed by atoms with van der Waals surface area (Å²) >= 11 is 0. The Balaban J connectivity index is 0.825. The van der Waals surface area contributed by atoms with Gasteiger partial charge in [-0.3, -0.25) is 38.9 Å². The van der Waals surface area contributed by atoms with Crippen molar-refractivity contribution in [1.82, 2.24) is 29.9 Å². The molecule has 0 spiro atoms. The number of hydrogen-bond acceptors (Lipinski definition) is 11. The van der Waals surface area contributed by atoms with Crippen LogP contribution in [0.3, 0.4) is 0 Å². The summed E-state index contributed by atoms with van der Waals surface area (Å²) in [6.45, 7) is 6.59. The average molecular weight is 861 g/mol. The summed E-state index contributed by atoms with van der Waals surface area (Å²) in [6, 6.07) is 10.7. The van der Waals surface area contributed by atoms with Gasteiger partial charge in [0.1, 0.15) is 17.4 Å². The molecule has 3 aliphatic rings. The zero-order chi connectivity index (χ0) is 44.3. The number of carbonyl (C=O) groups is 5. The number of nitrogens with one attached hydrogen (secondary N) is 3. The number of hydrogen-bond donors (Lipinski definition) is 4. The van der Waals surface area contributed by atoms with Gasteiger partial charge in [0.15, 0.2) is 0 Å². The first-order valence-corrected chi connectivity index (χ1v) is 20.9. The molecule has 2 aliphatic heterocycles. The molecule has 7 rings (SSSR count). The molecule has 1 saturated carbocycles. The monoisotopic (exact) mass is 860 g/mol. The molecule has 1 aliphatic carbocycles. The van der Waals surface area contributed by atoms with Crippen molar-refractivity contribution in [1.29, 1.82) is 0 Å². The van der Waals surface area contributed by atoms with Crippen molar-refractivity contribution in [2.45, 2.75) is 89.1 Å². The second kappa shape index (κ2) is 18.3. The number of benzene rings is 2. The molecule has 2 aromatic heterocycles. The highest BCUT2D eigenvalue weighted by Crippen LogP contribution is 2.37. The number of halogens is 3.